The largest absolute Gasteiger partial charge is 0.477 e. The van der Waals surface area contributed by atoms with E-state index in [-0.39, 0.29) is 21.3 Å². The summed E-state index contributed by atoms with van der Waals surface area (Å²) in [5, 5.41) is 8.74. The van der Waals surface area contributed by atoms with Crippen LogP contribution >= 0.6 is 23.2 Å². The van der Waals surface area contributed by atoms with Gasteiger partial charge in [0.2, 0.25) is 0 Å². The van der Waals surface area contributed by atoms with Gasteiger partial charge in [-0.1, -0.05) is 23.2 Å². The van der Waals surface area contributed by atoms with Crippen molar-refractivity contribution in [2.75, 3.05) is 0 Å². The fourth-order valence-electron chi connectivity index (χ4n) is 1.53. The second-order valence-electron chi connectivity index (χ2n) is 3.67. The van der Waals surface area contributed by atoms with Crippen molar-refractivity contribution in [2.45, 2.75) is 0 Å². The maximum atomic E-state index is 13.4. The van der Waals surface area contributed by atoms with Gasteiger partial charge in [-0.3, -0.25) is 4.79 Å². The van der Waals surface area contributed by atoms with Crippen LogP contribution in [0.3, 0.4) is 0 Å². The molecule has 2 N–H and O–H groups in total. The zero-order valence-corrected chi connectivity index (χ0v) is 10.7. The number of carboxylic acids is 1. The number of H-pyrrole nitrogens is 1. The number of halogens is 3. The van der Waals surface area contributed by atoms with Crippen molar-refractivity contribution in [2.24, 2.45) is 0 Å². The van der Waals surface area contributed by atoms with Crippen LogP contribution in [0, 0.1) is 5.82 Å². The predicted octanol–water partition coefficient (Wildman–Crippen LogP) is 3.19. The van der Waals surface area contributed by atoms with Crippen molar-refractivity contribution in [1.82, 2.24) is 4.98 Å². The molecule has 2 aromatic rings. The summed E-state index contributed by atoms with van der Waals surface area (Å²) in [6.07, 6.45) is 0. The van der Waals surface area contributed by atoms with Crippen LogP contribution in [0.15, 0.2) is 29.1 Å². The van der Waals surface area contributed by atoms with Crippen molar-refractivity contribution in [3.63, 3.8) is 0 Å². The first-order valence-electron chi connectivity index (χ1n) is 5.01. The first-order valence-corrected chi connectivity index (χ1v) is 5.77. The maximum absolute atomic E-state index is 13.4. The molecule has 4 nitrogen and oxygen atoms in total. The van der Waals surface area contributed by atoms with Crippen molar-refractivity contribution in [3.8, 4) is 11.3 Å². The molecule has 19 heavy (non-hydrogen) atoms. The van der Waals surface area contributed by atoms with Crippen molar-refractivity contribution in [1.29, 1.82) is 0 Å². The molecule has 0 amide bonds. The van der Waals surface area contributed by atoms with Crippen LogP contribution in [0.1, 0.15) is 10.4 Å². The zero-order valence-electron chi connectivity index (χ0n) is 9.21. The molecule has 7 heteroatoms. The van der Waals surface area contributed by atoms with Crippen LogP contribution in [0.5, 0.6) is 0 Å². The van der Waals surface area contributed by atoms with Gasteiger partial charge in [-0.15, -0.1) is 0 Å². The van der Waals surface area contributed by atoms with Crippen LogP contribution < -0.4 is 5.56 Å². The van der Waals surface area contributed by atoms with E-state index in [2.05, 4.69) is 4.98 Å². The number of nitrogens with one attached hydrogen (secondary N) is 1. The van der Waals surface area contributed by atoms with Gasteiger partial charge in [0.25, 0.3) is 5.56 Å². The molecule has 0 unspecified atom stereocenters. The number of hydrogen-bond acceptors (Lipinski definition) is 2. The van der Waals surface area contributed by atoms with Crippen LogP contribution in [-0.2, 0) is 0 Å². The Morgan fingerprint density at radius 1 is 1.21 bits per heavy atom. The molecule has 0 saturated heterocycles. The van der Waals surface area contributed by atoms with Gasteiger partial charge in [0.1, 0.15) is 11.4 Å². The lowest BCUT2D eigenvalue weighted by Crippen LogP contribution is -2.17. The molecular formula is C12H6Cl2FNO3. The molecule has 0 aliphatic carbocycles. The molecule has 2 rings (SSSR count). The van der Waals surface area contributed by atoms with Gasteiger partial charge in [-0.05, 0) is 24.3 Å². The summed E-state index contributed by atoms with van der Waals surface area (Å²) >= 11 is 11.5. The highest BCUT2D eigenvalue weighted by atomic mass is 35.5. The van der Waals surface area contributed by atoms with Gasteiger partial charge in [0.15, 0.2) is 0 Å². The lowest BCUT2D eigenvalue weighted by atomic mass is 10.1. The molecule has 0 spiro atoms. The molecule has 0 atom stereocenters. The average molecular weight is 302 g/mol. The van der Waals surface area contributed by atoms with Crippen LogP contribution in [0.2, 0.25) is 10.0 Å². The fraction of sp³-hybridized carbons (Fsp3) is 0. The summed E-state index contributed by atoms with van der Waals surface area (Å²) in [4.78, 5) is 24.6. The van der Waals surface area contributed by atoms with Gasteiger partial charge in [-0.25, -0.2) is 9.18 Å². The second kappa shape index (κ2) is 5.03. The van der Waals surface area contributed by atoms with Gasteiger partial charge in [-0.2, -0.15) is 0 Å². The summed E-state index contributed by atoms with van der Waals surface area (Å²) in [7, 11) is 0. The van der Waals surface area contributed by atoms with Crippen molar-refractivity contribution in [3.05, 3.63) is 56.0 Å². The molecular weight excluding hydrogens is 296 g/mol. The van der Waals surface area contributed by atoms with E-state index in [1.165, 1.54) is 12.1 Å². The molecule has 0 radical (unpaired) electrons. The predicted molar refractivity (Wildman–Crippen MR) is 69.4 cm³/mol. The fourth-order valence-corrected chi connectivity index (χ4v) is 2.01. The third-order valence-corrected chi connectivity index (χ3v) is 3.04. The van der Waals surface area contributed by atoms with E-state index in [1.54, 1.807) is 0 Å². The Morgan fingerprint density at radius 3 is 2.47 bits per heavy atom. The molecule has 1 aromatic heterocycles. The standard InChI is InChI=1S/C12H6Cl2FNO3/c13-7-4-8(14)9(15)3-6(7)10-2-1-5(12(18)19)11(17)16-10/h1-4H,(H,16,17)(H,18,19). The van der Waals surface area contributed by atoms with E-state index < -0.39 is 22.9 Å². The Morgan fingerprint density at radius 2 is 1.89 bits per heavy atom. The first-order chi connectivity index (χ1) is 8.90. The van der Waals surface area contributed by atoms with Crippen molar-refractivity contribution >= 4 is 29.2 Å². The number of aromatic carboxylic acids is 1. The maximum Gasteiger partial charge on any atom is 0.341 e. The number of aromatic amines is 1. The number of aromatic nitrogens is 1. The highest BCUT2D eigenvalue weighted by Crippen LogP contribution is 2.30. The lowest BCUT2D eigenvalue weighted by Gasteiger charge is -2.06. The van der Waals surface area contributed by atoms with E-state index in [9.17, 15) is 14.0 Å². The lowest BCUT2D eigenvalue weighted by molar-refractivity contribution is 0.0695. The number of carbonyl (C=O) groups is 1. The van der Waals surface area contributed by atoms with E-state index in [4.69, 9.17) is 28.3 Å². The minimum atomic E-state index is -1.35. The third kappa shape index (κ3) is 2.62. The normalized spacial score (nSPS) is 10.5. The van der Waals surface area contributed by atoms with Crippen LogP contribution in [-0.4, -0.2) is 16.1 Å². The highest BCUT2D eigenvalue weighted by Gasteiger charge is 2.13. The molecule has 0 aliphatic heterocycles. The third-order valence-electron chi connectivity index (χ3n) is 2.44. The van der Waals surface area contributed by atoms with E-state index in [0.29, 0.717) is 0 Å². The van der Waals surface area contributed by atoms with E-state index in [1.807, 2.05) is 0 Å². The van der Waals surface area contributed by atoms with Crippen molar-refractivity contribution < 1.29 is 14.3 Å². The number of carboxylic acid groups (broad SMARTS) is 1. The molecule has 0 aliphatic rings. The number of rotatable bonds is 2. The molecule has 0 fully saturated rings. The van der Waals surface area contributed by atoms with Crippen LogP contribution in [0.25, 0.3) is 11.3 Å². The molecule has 0 bridgehead atoms. The Bertz CT molecular complexity index is 727. The first kappa shape index (κ1) is 13.6. The smallest absolute Gasteiger partial charge is 0.341 e. The van der Waals surface area contributed by atoms with E-state index >= 15 is 0 Å². The molecule has 0 saturated carbocycles. The highest BCUT2D eigenvalue weighted by molar-refractivity contribution is 6.36. The zero-order chi connectivity index (χ0) is 14.2. The van der Waals surface area contributed by atoms with Crippen LogP contribution in [0.4, 0.5) is 4.39 Å². The van der Waals surface area contributed by atoms with Gasteiger partial charge >= 0.3 is 5.97 Å². The topological polar surface area (TPSA) is 70.2 Å². The second-order valence-corrected chi connectivity index (χ2v) is 4.48. The Kier molecular flexibility index (Phi) is 3.59. The minimum Gasteiger partial charge on any atom is -0.477 e. The van der Waals surface area contributed by atoms with Gasteiger partial charge < -0.3 is 10.1 Å². The number of pyridine rings is 1. The van der Waals surface area contributed by atoms with Gasteiger partial charge in [0, 0.05) is 11.3 Å². The summed E-state index contributed by atoms with van der Waals surface area (Å²) in [6.45, 7) is 0. The minimum absolute atomic E-state index is 0.141. The van der Waals surface area contributed by atoms with Gasteiger partial charge in [0.05, 0.1) is 10.0 Å². The Labute approximate surface area is 116 Å². The number of hydrogen-bond donors (Lipinski definition) is 2. The SMILES string of the molecule is O=C(O)c1ccc(-c2cc(F)c(Cl)cc2Cl)[nH]c1=O. The Balaban J connectivity index is 2.60. The summed E-state index contributed by atoms with van der Waals surface area (Å²) < 4.78 is 13.4. The number of benzene rings is 1. The van der Waals surface area contributed by atoms with E-state index in [0.717, 1.165) is 12.1 Å². The Hall–Kier alpha value is -1.85. The quantitative estimate of drug-likeness (QED) is 0.837. The average Bonchev–Trinajstić information content (AvgIpc) is 2.33. The molecule has 1 heterocycles. The summed E-state index contributed by atoms with van der Waals surface area (Å²) in [6, 6.07) is 4.73. The monoisotopic (exact) mass is 301 g/mol. The summed E-state index contributed by atoms with van der Waals surface area (Å²) in [5.41, 5.74) is -0.779. The summed E-state index contributed by atoms with van der Waals surface area (Å²) in [5.74, 6) is -2.04. The molecule has 98 valence electrons. The molecule has 1 aromatic carbocycles.